The summed E-state index contributed by atoms with van der Waals surface area (Å²) in [6, 6.07) is 10.6. The smallest absolute Gasteiger partial charge is 0.338 e. The van der Waals surface area contributed by atoms with Crippen LogP contribution in [0.25, 0.3) is 0 Å². The van der Waals surface area contributed by atoms with Crippen molar-refractivity contribution in [1.82, 2.24) is 0 Å². The first-order valence-electron chi connectivity index (χ1n) is 8.41. The molecule has 0 fully saturated rings. The minimum absolute atomic E-state index is 0.0557. The Balaban J connectivity index is 2.21. The molecule has 2 rings (SSSR count). The minimum Gasteiger partial charge on any atom is -0.462 e. The van der Waals surface area contributed by atoms with Crippen molar-refractivity contribution in [2.24, 2.45) is 0 Å². The first-order valence-corrected chi connectivity index (χ1v) is 9.89. The van der Waals surface area contributed by atoms with Gasteiger partial charge in [0, 0.05) is 18.3 Å². The number of carbonyl (C=O) groups excluding carboxylic acids is 2. The maximum absolute atomic E-state index is 12.7. The van der Waals surface area contributed by atoms with Crippen LogP contribution < -0.4 is 10.0 Å². The maximum Gasteiger partial charge on any atom is 0.338 e. The van der Waals surface area contributed by atoms with Crippen molar-refractivity contribution in [2.75, 3.05) is 16.6 Å². The van der Waals surface area contributed by atoms with Crippen molar-refractivity contribution >= 4 is 33.3 Å². The van der Waals surface area contributed by atoms with E-state index in [1.54, 1.807) is 19.1 Å². The van der Waals surface area contributed by atoms with Gasteiger partial charge in [0.05, 0.1) is 17.1 Å². The second kappa shape index (κ2) is 8.68. The van der Waals surface area contributed by atoms with Crippen LogP contribution in [0.3, 0.4) is 0 Å². The summed E-state index contributed by atoms with van der Waals surface area (Å²) in [5.41, 5.74) is 1.58. The second-order valence-electron chi connectivity index (χ2n) is 5.98. The van der Waals surface area contributed by atoms with Gasteiger partial charge in [-0.25, -0.2) is 13.2 Å². The van der Waals surface area contributed by atoms with E-state index in [2.05, 4.69) is 10.0 Å². The summed E-state index contributed by atoms with van der Waals surface area (Å²) in [4.78, 5) is 23.0. The molecule has 2 aromatic carbocycles. The molecule has 0 radical (unpaired) electrons. The highest BCUT2D eigenvalue weighted by Crippen LogP contribution is 2.23. The molecule has 2 N–H and O–H groups in total. The predicted octanol–water partition coefficient (Wildman–Crippen LogP) is 3.32. The van der Waals surface area contributed by atoms with Crippen LogP contribution >= 0.6 is 0 Å². The number of benzene rings is 2. The van der Waals surface area contributed by atoms with E-state index < -0.39 is 16.0 Å². The SMILES string of the molecule is CCCOC(=O)c1ccc(NS(=O)(=O)c2cc(NC(C)=O)ccc2C)cc1. The molecule has 1 amide bonds. The molecule has 0 spiro atoms. The number of hydrogen-bond acceptors (Lipinski definition) is 5. The Morgan fingerprint density at radius 2 is 1.67 bits per heavy atom. The van der Waals surface area contributed by atoms with Crippen molar-refractivity contribution in [3.63, 3.8) is 0 Å². The second-order valence-corrected chi connectivity index (χ2v) is 7.63. The number of ether oxygens (including phenoxy) is 1. The van der Waals surface area contributed by atoms with Crippen molar-refractivity contribution in [2.45, 2.75) is 32.1 Å². The van der Waals surface area contributed by atoms with Crippen molar-refractivity contribution in [1.29, 1.82) is 0 Å². The van der Waals surface area contributed by atoms with E-state index in [1.807, 2.05) is 6.92 Å². The van der Waals surface area contributed by atoms with Gasteiger partial charge in [-0.15, -0.1) is 0 Å². The highest BCUT2D eigenvalue weighted by Gasteiger charge is 2.18. The molecule has 0 aliphatic rings. The van der Waals surface area contributed by atoms with Crippen LogP contribution in [0, 0.1) is 6.92 Å². The number of anilines is 2. The molecule has 0 aliphatic carbocycles. The Hall–Kier alpha value is -2.87. The van der Waals surface area contributed by atoms with Crippen LogP contribution in [0.1, 0.15) is 36.2 Å². The fraction of sp³-hybridized carbons (Fsp3) is 0.263. The average Bonchev–Trinajstić information content (AvgIpc) is 2.61. The standard InChI is InChI=1S/C19H22N2O5S/c1-4-11-26-19(23)15-6-9-16(10-7-15)21-27(24,25)18-12-17(20-14(3)22)8-5-13(18)2/h5-10,12,21H,4,11H2,1-3H3,(H,20,22). The molecule has 27 heavy (non-hydrogen) atoms. The summed E-state index contributed by atoms with van der Waals surface area (Å²) < 4.78 is 32.9. The van der Waals surface area contributed by atoms with E-state index >= 15 is 0 Å². The fourth-order valence-electron chi connectivity index (χ4n) is 2.33. The van der Waals surface area contributed by atoms with Gasteiger partial charge in [-0.2, -0.15) is 0 Å². The molecular weight excluding hydrogens is 368 g/mol. The van der Waals surface area contributed by atoms with Gasteiger partial charge in [-0.3, -0.25) is 9.52 Å². The summed E-state index contributed by atoms with van der Waals surface area (Å²) in [7, 11) is -3.87. The number of hydrogen-bond donors (Lipinski definition) is 2. The van der Waals surface area contributed by atoms with Crippen LogP contribution in [0.2, 0.25) is 0 Å². The quantitative estimate of drug-likeness (QED) is 0.706. The highest BCUT2D eigenvalue weighted by atomic mass is 32.2. The molecule has 0 aromatic heterocycles. The number of nitrogens with one attached hydrogen (secondary N) is 2. The third-order valence-corrected chi connectivity index (χ3v) is 5.13. The lowest BCUT2D eigenvalue weighted by Crippen LogP contribution is -2.15. The summed E-state index contributed by atoms with van der Waals surface area (Å²) in [5, 5.41) is 2.56. The van der Waals surface area contributed by atoms with Crippen molar-refractivity contribution in [3.8, 4) is 0 Å². The number of carbonyl (C=O) groups is 2. The van der Waals surface area contributed by atoms with Crippen LogP contribution in [-0.4, -0.2) is 26.9 Å². The zero-order chi connectivity index (χ0) is 20.0. The molecule has 0 unspecified atom stereocenters. The number of sulfonamides is 1. The fourth-order valence-corrected chi connectivity index (χ4v) is 3.66. The Labute approximate surface area is 158 Å². The topological polar surface area (TPSA) is 102 Å². The van der Waals surface area contributed by atoms with Gasteiger partial charge in [-0.1, -0.05) is 13.0 Å². The summed E-state index contributed by atoms with van der Waals surface area (Å²) >= 11 is 0. The molecule has 8 heteroatoms. The van der Waals surface area contributed by atoms with Crippen molar-refractivity contribution < 1.29 is 22.7 Å². The van der Waals surface area contributed by atoms with Gasteiger partial charge < -0.3 is 10.1 Å². The molecule has 2 aromatic rings. The zero-order valence-electron chi connectivity index (χ0n) is 15.4. The maximum atomic E-state index is 12.7. The Morgan fingerprint density at radius 1 is 1.04 bits per heavy atom. The molecule has 0 heterocycles. The normalized spacial score (nSPS) is 10.9. The lowest BCUT2D eigenvalue weighted by atomic mass is 10.2. The molecule has 144 valence electrons. The van der Waals surface area contributed by atoms with Gasteiger partial charge in [0.25, 0.3) is 10.0 Å². The number of amides is 1. The van der Waals surface area contributed by atoms with Gasteiger partial charge in [0.1, 0.15) is 0 Å². The average molecular weight is 390 g/mol. The number of rotatable bonds is 7. The van der Waals surface area contributed by atoms with Gasteiger partial charge in [-0.05, 0) is 55.3 Å². The third kappa shape index (κ3) is 5.55. The van der Waals surface area contributed by atoms with E-state index in [0.717, 1.165) is 6.42 Å². The Morgan fingerprint density at radius 3 is 2.26 bits per heavy atom. The predicted molar refractivity (Wildman–Crippen MR) is 103 cm³/mol. The van der Waals surface area contributed by atoms with Gasteiger partial charge >= 0.3 is 5.97 Å². The first kappa shape index (κ1) is 20.4. The van der Waals surface area contributed by atoms with Gasteiger partial charge in [0.15, 0.2) is 0 Å². The number of aryl methyl sites for hydroxylation is 1. The monoisotopic (exact) mass is 390 g/mol. The third-order valence-electron chi connectivity index (χ3n) is 3.61. The van der Waals surface area contributed by atoms with Crippen LogP contribution in [0.4, 0.5) is 11.4 Å². The molecule has 0 saturated heterocycles. The first-order chi connectivity index (χ1) is 12.7. The summed E-state index contributed by atoms with van der Waals surface area (Å²) in [6.07, 6.45) is 0.723. The minimum atomic E-state index is -3.87. The molecule has 0 atom stereocenters. The zero-order valence-corrected chi connectivity index (χ0v) is 16.2. The molecule has 0 aliphatic heterocycles. The van der Waals surface area contributed by atoms with E-state index in [9.17, 15) is 18.0 Å². The van der Waals surface area contributed by atoms with Crippen molar-refractivity contribution in [3.05, 3.63) is 53.6 Å². The van der Waals surface area contributed by atoms with E-state index in [0.29, 0.717) is 29.1 Å². The number of esters is 1. The van der Waals surface area contributed by atoms with Crippen LogP contribution in [0.15, 0.2) is 47.4 Å². The Kier molecular flexibility index (Phi) is 6.57. The highest BCUT2D eigenvalue weighted by molar-refractivity contribution is 7.92. The van der Waals surface area contributed by atoms with E-state index in [4.69, 9.17) is 4.74 Å². The molecule has 7 nitrogen and oxygen atoms in total. The summed E-state index contributed by atoms with van der Waals surface area (Å²) in [5.74, 6) is -0.745. The lowest BCUT2D eigenvalue weighted by molar-refractivity contribution is -0.114. The van der Waals surface area contributed by atoms with E-state index in [-0.39, 0.29) is 10.8 Å². The largest absolute Gasteiger partial charge is 0.462 e. The Bertz CT molecular complexity index is 937. The summed E-state index contributed by atoms with van der Waals surface area (Å²) in [6.45, 7) is 5.24. The van der Waals surface area contributed by atoms with Crippen LogP contribution in [0.5, 0.6) is 0 Å². The van der Waals surface area contributed by atoms with E-state index in [1.165, 1.54) is 37.3 Å². The van der Waals surface area contributed by atoms with Gasteiger partial charge in [0.2, 0.25) is 5.91 Å². The molecule has 0 bridgehead atoms. The van der Waals surface area contributed by atoms with Crippen LogP contribution in [-0.2, 0) is 19.6 Å². The molecule has 0 saturated carbocycles. The molecular formula is C19H22N2O5S. The lowest BCUT2D eigenvalue weighted by Gasteiger charge is -2.12.